The van der Waals surface area contributed by atoms with Crippen molar-refractivity contribution in [3.05, 3.63) is 0 Å². The Bertz CT molecular complexity index is 199. The molecule has 80 valence electrons. The highest BCUT2D eigenvalue weighted by Crippen LogP contribution is 2.31. The molecule has 0 amide bonds. The van der Waals surface area contributed by atoms with Gasteiger partial charge in [-0.05, 0) is 0 Å². The van der Waals surface area contributed by atoms with Gasteiger partial charge in [-0.15, -0.1) is 23.5 Å². The molecule has 1 rings (SSSR count). The van der Waals surface area contributed by atoms with E-state index in [0.717, 1.165) is 0 Å². The van der Waals surface area contributed by atoms with Crippen molar-refractivity contribution in [1.82, 2.24) is 0 Å². The van der Waals surface area contributed by atoms with Crippen LogP contribution in [0.2, 0.25) is 0 Å². The van der Waals surface area contributed by atoms with Crippen molar-refractivity contribution in [2.24, 2.45) is 0 Å². The number of carbonyl (C=O) groups is 2. The molecule has 0 aliphatic carbocycles. The summed E-state index contributed by atoms with van der Waals surface area (Å²) >= 11 is 3.00. The molecule has 0 aromatic heterocycles. The van der Waals surface area contributed by atoms with Crippen LogP contribution in [-0.2, 0) is 19.1 Å². The maximum atomic E-state index is 10.6. The Balaban J connectivity index is 2.24. The first-order valence-corrected chi connectivity index (χ1v) is 6.25. The third-order valence-corrected chi connectivity index (χ3v) is 4.11. The van der Waals surface area contributed by atoms with Crippen LogP contribution in [-0.4, -0.2) is 34.3 Å². The molecule has 1 fully saturated rings. The summed E-state index contributed by atoms with van der Waals surface area (Å²) in [6.45, 7) is 2.78. The molecule has 0 spiro atoms. The Morgan fingerprint density at radius 2 is 1.36 bits per heavy atom. The number of esters is 2. The molecular weight excluding hydrogens is 224 g/mol. The predicted octanol–water partition coefficient (Wildman–Crippen LogP) is 1.24. The van der Waals surface area contributed by atoms with Gasteiger partial charge in [-0.1, -0.05) is 0 Å². The number of carbonyl (C=O) groups excluding carboxylic acids is 2. The zero-order chi connectivity index (χ0) is 10.6. The van der Waals surface area contributed by atoms with Crippen LogP contribution in [0.3, 0.4) is 0 Å². The van der Waals surface area contributed by atoms with E-state index < -0.39 is 0 Å². The molecule has 0 aromatic carbocycles. The number of hydrogen-bond acceptors (Lipinski definition) is 6. The summed E-state index contributed by atoms with van der Waals surface area (Å²) < 4.78 is 10.0. The summed E-state index contributed by atoms with van der Waals surface area (Å²) in [7, 11) is 0. The third-order valence-electron chi connectivity index (χ3n) is 1.43. The fourth-order valence-electron chi connectivity index (χ4n) is 0.974. The number of hydrogen-bond donors (Lipinski definition) is 0. The average Bonchev–Trinajstić information content (AvgIpc) is 2.06. The Hall–Kier alpha value is -0.360. The van der Waals surface area contributed by atoms with Crippen LogP contribution in [0.25, 0.3) is 0 Å². The molecule has 1 aliphatic rings. The summed E-state index contributed by atoms with van der Waals surface area (Å²) in [5.74, 6) is 0.799. The van der Waals surface area contributed by atoms with Gasteiger partial charge >= 0.3 is 11.9 Å². The van der Waals surface area contributed by atoms with Crippen molar-refractivity contribution in [1.29, 1.82) is 0 Å². The van der Waals surface area contributed by atoms with Gasteiger partial charge in [0.15, 0.2) is 10.9 Å². The zero-order valence-electron chi connectivity index (χ0n) is 8.02. The molecule has 2 unspecified atom stereocenters. The van der Waals surface area contributed by atoms with Crippen LogP contribution in [0.5, 0.6) is 0 Å². The van der Waals surface area contributed by atoms with Gasteiger partial charge in [0.1, 0.15) is 0 Å². The van der Waals surface area contributed by atoms with E-state index in [1.165, 1.54) is 37.4 Å². The average molecular weight is 236 g/mol. The highest BCUT2D eigenvalue weighted by Gasteiger charge is 2.25. The van der Waals surface area contributed by atoms with Crippen LogP contribution >= 0.6 is 23.5 Å². The Morgan fingerprint density at radius 1 is 1.00 bits per heavy atom. The topological polar surface area (TPSA) is 52.6 Å². The lowest BCUT2D eigenvalue weighted by Crippen LogP contribution is -2.27. The van der Waals surface area contributed by atoms with Gasteiger partial charge in [-0.3, -0.25) is 9.59 Å². The van der Waals surface area contributed by atoms with Crippen molar-refractivity contribution < 1.29 is 19.1 Å². The molecule has 1 heterocycles. The second-order valence-corrected chi connectivity index (χ2v) is 5.13. The molecule has 6 heteroatoms. The second-order valence-electron chi connectivity index (χ2n) is 2.74. The van der Waals surface area contributed by atoms with Crippen molar-refractivity contribution in [3.63, 3.8) is 0 Å². The van der Waals surface area contributed by atoms with Gasteiger partial charge in [0.2, 0.25) is 0 Å². The van der Waals surface area contributed by atoms with Crippen LogP contribution in [0, 0.1) is 0 Å². The first-order valence-electron chi connectivity index (χ1n) is 4.15. The maximum Gasteiger partial charge on any atom is 0.303 e. The summed E-state index contributed by atoms with van der Waals surface area (Å²) in [6.07, 6.45) is 0. The van der Waals surface area contributed by atoms with Crippen molar-refractivity contribution in [3.8, 4) is 0 Å². The number of ether oxygens (including phenoxy) is 2. The van der Waals surface area contributed by atoms with E-state index in [0.29, 0.717) is 11.5 Å². The largest absolute Gasteiger partial charge is 0.451 e. The maximum absolute atomic E-state index is 10.6. The Morgan fingerprint density at radius 3 is 1.57 bits per heavy atom. The molecule has 1 aliphatic heterocycles. The van der Waals surface area contributed by atoms with E-state index in [1.54, 1.807) is 0 Å². The lowest BCUT2D eigenvalue weighted by molar-refractivity contribution is -0.143. The monoisotopic (exact) mass is 236 g/mol. The van der Waals surface area contributed by atoms with E-state index in [2.05, 4.69) is 0 Å². The van der Waals surface area contributed by atoms with Gasteiger partial charge in [0, 0.05) is 25.4 Å². The molecule has 0 bridgehead atoms. The van der Waals surface area contributed by atoms with Gasteiger partial charge in [0.25, 0.3) is 0 Å². The highest BCUT2D eigenvalue weighted by molar-refractivity contribution is 8.06. The predicted molar refractivity (Wildman–Crippen MR) is 56.0 cm³/mol. The van der Waals surface area contributed by atoms with Crippen molar-refractivity contribution in [2.45, 2.75) is 24.7 Å². The fraction of sp³-hybridized carbons (Fsp3) is 0.750. The van der Waals surface area contributed by atoms with Crippen molar-refractivity contribution in [2.75, 3.05) is 11.5 Å². The van der Waals surface area contributed by atoms with Crippen LogP contribution in [0.15, 0.2) is 0 Å². The lowest BCUT2D eigenvalue weighted by Gasteiger charge is -2.26. The van der Waals surface area contributed by atoms with E-state index in [9.17, 15) is 9.59 Å². The van der Waals surface area contributed by atoms with Crippen molar-refractivity contribution >= 4 is 35.5 Å². The number of thioether (sulfide) groups is 2. The minimum Gasteiger partial charge on any atom is -0.451 e. The van der Waals surface area contributed by atoms with Crippen LogP contribution in [0.4, 0.5) is 0 Å². The first kappa shape index (κ1) is 11.7. The van der Waals surface area contributed by atoms with E-state index in [4.69, 9.17) is 9.47 Å². The smallest absolute Gasteiger partial charge is 0.303 e. The molecule has 14 heavy (non-hydrogen) atoms. The van der Waals surface area contributed by atoms with E-state index in [1.807, 2.05) is 0 Å². The SMILES string of the molecule is CC(=O)OC1CSC(OC(C)=O)CS1. The van der Waals surface area contributed by atoms with Crippen LogP contribution in [0.1, 0.15) is 13.8 Å². The second kappa shape index (κ2) is 5.50. The first-order chi connectivity index (χ1) is 6.58. The fourth-order valence-corrected chi connectivity index (χ4v) is 3.50. The molecular formula is C8H12O4S2. The van der Waals surface area contributed by atoms with E-state index in [-0.39, 0.29) is 22.8 Å². The van der Waals surface area contributed by atoms with Gasteiger partial charge < -0.3 is 9.47 Å². The minimum atomic E-state index is -0.269. The summed E-state index contributed by atoms with van der Waals surface area (Å²) in [6, 6.07) is 0. The third kappa shape index (κ3) is 4.23. The molecule has 0 radical (unpaired) electrons. The summed E-state index contributed by atoms with van der Waals surface area (Å²) in [5.41, 5.74) is -0.214. The quantitative estimate of drug-likeness (QED) is 0.672. The summed E-state index contributed by atoms with van der Waals surface area (Å²) in [4.78, 5) is 21.3. The number of rotatable bonds is 2. The van der Waals surface area contributed by atoms with Crippen LogP contribution < -0.4 is 0 Å². The molecule has 1 saturated heterocycles. The molecule has 0 aromatic rings. The van der Waals surface area contributed by atoms with Gasteiger partial charge in [-0.2, -0.15) is 0 Å². The van der Waals surface area contributed by atoms with Gasteiger partial charge in [-0.25, -0.2) is 0 Å². The van der Waals surface area contributed by atoms with Gasteiger partial charge in [0.05, 0.1) is 0 Å². The molecule has 4 nitrogen and oxygen atoms in total. The highest BCUT2D eigenvalue weighted by atomic mass is 32.2. The molecule has 0 saturated carbocycles. The zero-order valence-corrected chi connectivity index (χ0v) is 9.65. The Kier molecular flexibility index (Phi) is 4.60. The minimum absolute atomic E-state index is 0.107. The lowest BCUT2D eigenvalue weighted by atomic mass is 10.7. The molecule has 2 atom stereocenters. The van der Waals surface area contributed by atoms with E-state index >= 15 is 0 Å². The standard InChI is InChI=1S/C8H12O4S2/c1-5(9)11-7-3-14-8(4-13-7)12-6(2)10/h7-8H,3-4H2,1-2H3. The normalized spacial score (nSPS) is 26.7. The molecule has 0 N–H and O–H groups in total. The Labute approximate surface area is 91.1 Å². The summed E-state index contributed by atoms with van der Waals surface area (Å²) in [5, 5.41) is 0.